The molecule has 0 saturated heterocycles. The number of carbonyl (C=O) groups excluding carboxylic acids is 1. The molecule has 0 spiro atoms. The Morgan fingerprint density at radius 2 is 1.80 bits per heavy atom. The molecule has 0 bridgehead atoms. The van der Waals surface area contributed by atoms with Gasteiger partial charge in [0, 0.05) is 22.2 Å². The maximum atomic E-state index is 13.1. The molecule has 0 saturated carbocycles. The molecule has 0 unspecified atom stereocenters. The van der Waals surface area contributed by atoms with Gasteiger partial charge in [-0.25, -0.2) is 17.8 Å². The van der Waals surface area contributed by atoms with Crippen LogP contribution in [0.15, 0.2) is 83.1 Å². The van der Waals surface area contributed by atoms with E-state index in [-0.39, 0.29) is 16.1 Å². The highest BCUT2D eigenvalue weighted by molar-refractivity contribution is 7.92. The molecule has 1 heterocycles. The number of hydrogen-bond donors (Lipinski definition) is 2. The maximum Gasteiger partial charge on any atom is 0.261 e. The number of anilines is 2. The van der Waals surface area contributed by atoms with E-state index in [9.17, 15) is 17.6 Å². The summed E-state index contributed by atoms with van der Waals surface area (Å²) in [6.07, 6.45) is 0.930. The van der Waals surface area contributed by atoms with Crippen LogP contribution in [-0.4, -0.2) is 25.9 Å². The summed E-state index contributed by atoms with van der Waals surface area (Å²) in [6, 6.07) is 18.1. The molecule has 35 heavy (non-hydrogen) atoms. The Labute approximate surface area is 206 Å². The maximum absolute atomic E-state index is 13.1. The average molecular weight is 512 g/mol. The minimum Gasteiger partial charge on any atom is -0.494 e. The normalized spacial score (nSPS) is 11.1. The quantitative estimate of drug-likeness (QED) is 0.296. The van der Waals surface area contributed by atoms with Gasteiger partial charge in [0.05, 0.1) is 17.2 Å². The zero-order valence-electron chi connectivity index (χ0n) is 18.7. The van der Waals surface area contributed by atoms with Crippen molar-refractivity contribution in [2.75, 3.05) is 16.6 Å². The molecule has 4 rings (SSSR count). The number of hydrogen-bond acceptors (Lipinski definition) is 6. The molecule has 1 amide bonds. The first-order valence-electron chi connectivity index (χ1n) is 10.7. The topological polar surface area (TPSA) is 97.4 Å². The third kappa shape index (κ3) is 6.23. The van der Waals surface area contributed by atoms with Crippen molar-refractivity contribution < 1.29 is 22.3 Å². The summed E-state index contributed by atoms with van der Waals surface area (Å²) in [5.74, 6) is -0.183. The number of aromatic nitrogens is 1. The molecule has 4 aromatic rings. The van der Waals surface area contributed by atoms with Crippen molar-refractivity contribution in [2.24, 2.45) is 0 Å². The van der Waals surface area contributed by atoms with Gasteiger partial charge in [0.15, 0.2) is 5.13 Å². The van der Waals surface area contributed by atoms with Gasteiger partial charge in [-0.15, -0.1) is 11.3 Å². The van der Waals surface area contributed by atoms with Crippen molar-refractivity contribution in [2.45, 2.75) is 18.2 Å². The fourth-order valence-electron chi connectivity index (χ4n) is 3.13. The Morgan fingerprint density at radius 1 is 1.06 bits per heavy atom. The van der Waals surface area contributed by atoms with Gasteiger partial charge in [0.25, 0.3) is 15.9 Å². The number of thiazole rings is 1. The van der Waals surface area contributed by atoms with E-state index in [4.69, 9.17) is 4.74 Å². The van der Waals surface area contributed by atoms with Crippen molar-refractivity contribution in [3.63, 3.8) is 0 Å². The van der Waals surface area contributed by atoms with E-state index in [1.54, 1.807) is 12.1 Å². The number of rotatable bonds is 9. The summed E-state index contributed by atoms with van der Waals surface area (Å²) in [6.45, 7) is 2.70. The number of nitrogens with one attached hydrogen (secondary N) is 2. The minimum absolute atomic E-state index is 0.0889. The molecule has 0 radical (unpaired) electrons. The van der Waals surface area contributed by atoms with Crippen LogP contribution in [0.25, 0.3) is 11.3 Å². The van der Waals surface area contributed by atoms with Crippen LogP contribution < -0.4 is 14.8 Å². The first-order chi connectivity index (χ1) is 16.8. The van der Waals surface area contributed by atoms with Crippen LogP contribution >= 0.6 is 11.3 Å². The second kappa shape index (κ2) is 10.7. The van der Waals surface area contributed by atoms with Crippen molar-refractivity contribution in [1.29, 1.82) is 0 Å². The predicted octanol–water partition coefficient (Wildman–Crippen LogP) is 5.79. The third-order valence-corrected chi connectivity index (χ3v) is 7.00. The number of sulfonamides is 1. The highest BCUT2D eigenvalue weighted by atomic mass is 32.2. The summed E-state index contributed by atoms with van der Waals surface area (Å²) < 4.78 is 46.2. The highest BCUT2D eigenvalue weighted by Crippen LogP contribution is 2.27. The molecular formula is C25H22FN3O4S2. The predicted molar refractivity (Wildman–Crippen MR) is 135 cm³/mol. The van der Waals surface area contributed by atoms with E-state index in [2.05, 4.69) is 15.0 Å². The van der Waals surface area contributed by atoms with Crippen molar-refractivity contribution in [1.82, 2.24) is 4.98 Å². The Balaban J connectivity index is 1.43. The molecule has 0 aliphatic carbocycles. The third-order valence-electron chi connectivity index (χ3n) is 4.85. The number of benzene rings is 3. The second-order valence-corrected chi connectivity index (χ2v) is 10.0. The lowest BCUT2D eigenvalue weighted by atomic mass is 10.2. The molecule has 7 nitrogen and oxygen atoms in total. The fourth-order valence-corrected chi connectivity index (χ4v) is 4.89. The number of ether oxygens (including phenoxy) is 1. The Kier molecular flexibility index (Phi) is 7.42. The smallest absolute Gasteiger partial charge is 0.261 e. The lowest BCUT2D eigenvalue weighted by Gasteiger charge is -2.09. The first kappa shape index (κ1) is 24.4. The molecule has 3 aromatic carbocycles. The summed E-state index contributed by atoms with van der Waals surface area (Å²) in [7, 11) is -3.93. The van der Waals surface area contributed by atoms with Crippen LogP contribution in [-0.2, 0) is 10.0 Å². The average Bonchev–Trinajstić information content (AvgIpc) is 3.31. The largest absolute Gasteiger partial charge is 0.494 e. The fraction of sp³-hybridized carbons (Fsp3) is 0.120. The van der Waals surface area contributed by atoms with E-state index in [0.29, 0.717) is 17.4 Å². The minimum atomic E-state index is -3.93. The van der Waals surface area contributed by atoms with E-state index in [0.717, 1.165) is 29.9 Å². The van der Waals surface area contributed by atoms with Gasteiger partial charge < -0.3 is 4.74 Å². The van der Waals surface area contributed by atoms with Crippen molar-refractivity contribution >= 4 is 38.1 Å². The van der Waals surface area contributed by atoms with Gasteiger partial charge in [0.2, 0.25) is 0 Å². The van der Waals surface area contributed by atoms with Crippen LogP contribution in [0, 0.1) is 5.82 Å². The lowest BCUT2D eigenvalue weighted by Crippen LogP contribution is -2.15. The molecule has 2 N–H and O–H groups in total. The zero-order chi connectivity index (χ0) is 24.8. The van der Waals surface area contributed by atoms with Gasteiger partial charge >= 0.3 is 0 Å². The van der Waals surface area contributed by atoms with E-state index in [1.165, 1.54) is 35.6 Å². The lowest BCUT2D eigenvalue weighted by molar-refractivity contribution is 0.102. The molecule has 0 aliphatic rings. The molecule has 0 atom stereocenters. The van der Waals surface area contributed by atoms with Gasteiger partial charge in [-0.1, -0.05) is 13.0 Å². The Bertz CT molecular complexity index is 1420. The Hall–Kier alpha value is -3.76. The number of amides is 1. The van der Waals surface area contributed by atoms with E-state index in [1.807, 2.05) is 36.6 Å². The summed E-state index contributed by atoms with van der Waals surface area (Å²) in [5.41, 5.74) is 2.06. The van der Waals surface area contributed by atoms with Gasteiger partial charge in [-0.05, 0) is 73.2 Å². The molecule has 0 aliphatic heterocycles. The van der Waals surface area contributed by atoms with Crippen LogP contribution in [0.5, 0.6) is 5.75 Å². The summed E-state index contributed by atoms with van der Waals surface area (Å²) in [5, 5.41) is 4.99. The summed E-state index contributed by atoms with van der Waals surface area (Å²) in [4.78, 5) is 17.1. The van der Waals surface area contributed by atoms with Gasteiger partial charge in [0.1, 0.15) is 11.6 Å². The number of carbonyl (C=O) groups is 1. The molecule has 180 valence electrons. The van der Waals surface area contributed by atoms with Gasteiger partial charge in [-0.2, -0.15) is 0 Å². The number of nitrogens with zero attached hydrogens (tertiary/aromatic N) is 1. The van der Waals surface area contributed by atoms with Crippen molar-refractivity contribution in [3.05, 3.63) is 89.6 Å². The molecular weight excluding hydrogens is 489 g/mol. The summed E-state index contributed by atoms with van der Waals surface area (Å²) >= 11 is 1.28. The second-order valence-electron chi connectivity index (χ2n) is 7.51. The van der Waals surface area contributed by atoms with Crippen LogP contribution in [0.2, 0.25) is 0 Å². The monoisotopic (exact) mass is 511 g/mol. The van der Waals surface area contributed by atoms with Crippen LogP contribution in [0.3, 0.4) is 0 Å². The SMILES string of the molecule is CCCOc1ccc(-c2csc(NC(=O)c3cccc(NS(=O)(=O)c4ccc(F)cc4)c3)n2)cc1. The molecule has 0 fully saturated rings. The standard InChI is InChI=1S/C25H22FN3O4S2/c1-2-14-33-21-10-6-17(7-11-21)23-16-34-25(27-23)28-24(30)18-4-3-5-20(15-18)29-35(31,32)22-12-8-19(26)9-13-22/h3-13,15-16,29H,2,14H2,1H3,(H,27,28,30). The number of halogens is 1. The van der Waals surface area contributed by atoms with Crippen molar-refractivity contribution in [3.8, 4) is 17.0 Å². The van der Waals surface area contributed by atoms with Crippen LogP contribution in [0.1, 0.15) is 23.7 Å². The van der Waals surface area contributed by atoms with Crippen LogP contribution in [0.4, 0.5) is 15.2 Å². The molecule has 1 aromatic heterocycles. The Morgan fingerprint density at radius 3 is 2.51 bits per heavy atom. The molecule has 10 heteroatoms. The first-order valence-corrected chi connectivity index (χ1v) is 13.1. The zero-order valence-corrected chi connectivity index (χ0v) is 20.3. The van der Waals surface area contributed by atoms with Gasteiger partial charge in [-0.3, -0.25) is 14.8 Å². The highest BCUT2D eigenvalue weighted by Gasteiger charge is 2.16. The van der Waals surface area contributed by atoms with E-state index >= 15 is 0 Å². The van der Waals surface area contributed by atoms with E-state index < -0.39 is 21.7 Å².